The van der Waals surface area contributed by atoms with Gasteiger partial charge >= 0.3 is 5.97 Å². The van der Waals surface area contributed by atoms with Gasteiger partial charge in [-0.2, -0.15) is 0 Å². The average Bonchev–Trinajstić information content (AvgIpc) is 2.20. The van der Waals surface area contributed by atoms with E-state index >= 15 is 0 Å². The lowest BCUT2D eigenvalue weighted by Gasteiger charge is -2.11. The molecule has 0 saturated carbocycles. The molecule has 4 heteroatoms. The van der Waals surface area contributed by atoms with Crippen molar-refractivity contribution < 1.29 is 14.7 Å². The van der Waals surface area contributed by atoms with Crippen LogP contribution in [0.25, 0.3) is 0 Å². The summed E-state index contributed by atoms with van der Waals surface area (Å²) in [5, 5.41) is 8.45. The third kappa shape index (κ3) is 4.29. The minimum Gasteiger partial charge on any atom is -0.481 e. The van der Waals surface area contributed by atoms with E-state index in [1.807, 2.05) is 6.08 Å². The summed E-state index contributed by atoms with van der Waals surface area (Å²) in [6, 6.07) is 0. The van der Waals surface area contributed by atoms with Crippen LogP contribution < -0.4 is 5.73 Å². The van der Waals surface area contributed by atoms with Crippen LogP contribution >= 0.6 is 0 Å². The molecule has 88 valence electrons. The first-order valence-electron chi connectivity index (χ1n) is 5.51. The van der Waals surface area contributed by atoms with Crippen molar-refractivity contribution in [1.29, 1.82) is 0 Å². The van der Waals surface area contributed by atoms with E-state index in [0.29, 0.717) is 18.5 Å². The fraction of sp³-hybridized carbons (Fsp3) is 0.500. The Morgan fingerprint density at radius 1 is 1.38 bits per heavy atom. The Hall–Kier alpha value is -1.58. The first kappa shape index (κ1) is 12.5. The molecule has 4 nitrogen and oxygen atoms in total. The van der Waals surface area contributed by atoms with Gasteiger partial charge in [-0.15, -0.1) is 0 Å². The molecule has 1 rings (SSSR count). The largest absolute Gasteiger partial charge is 0.481 e. The highest BCUT2D eigenvalue weighted by Crippen LogP contribution is 2.19. The van der Waals surface area contributed by atoms with Crippen LogP contribution in [0.15, 0.2) is 23.4 Å². The summed E-state index contributed by atoms with van der Waals surface area (Å²) in [5.41, 5.74) is 7.30. The van der Waals surface area contributed by atoms with Crippen LogP contribution in [-0.4, -0.2) is 16.9 Å². The van der Waals surface area contributed by atoms with E-state index in [1.165, 1.54) is 6.08 Å². The van der Waals surface area contributed by atoms with Crippen molar-refractivity contribution in [2.75, 3.05) is 0 Å². The SMILES string of the molecule is NC1=CC(=O)CC=C1CCCCCC(=O)O. The van der Waals surface area contributed by atoms with Gasteiger partial charge in [-0.3, -0.25) is 9.59 Å². The molecule has 0 unspecified atom stereocenters. The number of carboxylic acid groups (broad SMARTS) is 1. The lowest BCUT2D eigenvalue weighted by molar-refractivity contribution is -0.137. The van der Waals surface area contributed by atoms with Crippen LogP contribution in [0.2, 0.25) is 0 Å². The van der Waals surface area contributed by atoms with E-state index in [1.54, 1.807) is 0 Å². The summed E-state index contributed by atoms with van der Waals surface area (Å²) in [4.78, 5) is 21.3. The normalized spacial score (nSPS) is 15.6. The second-order valence-electron chi connectivity index (χ2n) is 3.95. The smallest absolute Gasteiger partial charge is 0.303 e. The molecule has 0 heterocycles. The zero-order valence-corrected chi connectivity index (χ0v) is 9.24. The van der Waals surface area contributed by atoms with Crippen molar-refractivity contribution in [3.05, 3.63) is 23.4 Å². The van der Waals surface area contributed by atoms with Crippen molar-refractivity contribution in [2.45, 2.75) is 38.5 Å². The van der Waals surface area contributed by atoms with Crippen molar-refractivity contribution in [3.8, 4) is 0 Å². The third-order valence-corrected chi connectivity index (χ3v) is 2.57. The predicted molar refractivity (Wildman–Crippen MR) is 60.7 cm³/mol. The molecule has 0 aliphatic heterocycles. The fourth-order valence-corrected chi connectivity index (χ4v) is 1.68. The molecule has 0 saturated heterocycles. The number of aliphatic carboxylic acids is 1. The summed E-state index contributed by atoms with van der Waals surface area (Å²) >= 11 is 0. The number of unbranched alkanes of at least 4 members (excludes halogenated alkanes) is 2. The fourth-order valence-electron chi connectivity index (χ4n) is 1.68. The molecule has 0 spiro atoms. The number of carbonyl (C=O) groups excluding carboxylic acids is 1. The minimum absolute atomic E-state index is 0.0483. The van der Waals surface area contributed by atoms with Gasteiger partial charge < -0.3 is 10.8 Å². The van der Waals surface area contributed by atoms with Gasteiger partial charge in [-0.1, -0.05) is 12.5 Å². The molecule has 0 atom stereocenters. The van der Waals surface area contributed by atoms with E-state index in [2.05, 4.69) is 0 Å². The van der Waals surface area contributed by atoms with Gasteiger partial charge in [-0.25, -0.2) is 0 Å². The molecule has 0 aromatic rings. The Kier molecular flexibility index (Phi) is 4.76. The second kappa shape index (κ2) is 6.10. The number of ketones is 1. The Bertz CT molecular complexity index is 342. The maximum Gasteiger partial charge on any atom is 0.303 e. The highest BCUT2D eigenvalue weighted by atomic mass is 16.4. The number of hydrogen-bond donors (Lipinski definition) is 2. The second-order valence-corrected chi connectivity index (χ2v) is 3.95. The van der Waals surface area contributed by atoms with Gasteiger partial charge in [0.2, 0.25) is 0 Å². The molecule has 3 N–H and O–H groups in total. The highest BCUT2D eigenvalue weighted by Gasteiger charge is 2.09. The lowest BCUT2D eigenvalue weighted by atomic mass is 9.97. The molecular formula is C12H17NO3. The van der Waals surface area contributed by atoms with E-state index in [9.17, 15) is 9.59 Å². The summed E-state index contributed by atoms with van der Waals surface area (Å²) < 4.78 is 0. The summed E-state index contributed by atoms with van der Waals surface area (Å²) in [6.07, 6.45) is 7.34. The van der Waals surface area contributed by atoms with Crippen molar-refractivity contribution in [2.24, 2.45) is 5.73 Å². The molecule has 16 heavy (non-hydrogen) atoms. The van der Waals surface area contributed by atoms with Crippen molar-refractivity contribution in [1.82, 2.24) is 0 Å². The summed E-state index contributed by atoms with van der Waals surface area (Å²) in [6.45, 7) is 0. The molecule has 0 aromatic heterocycles. The van der Waals surface area contributed by atoms with Crippen LogP contribution in [0, 0.1) is 0 Å². The number of rotatable bonds is 6. The van der Waals surface area contributed by atoms with Gasteiger partial charge in [0.05, 0.1) is 0 Å². The van der Waals surface area contributed by atoms with E-state index in [0.717, 1.165) is 24.8 Å². The van der Waals surface area contributed by atoms with Crippen molar-refractivity contribution >= 4 is 11.8 Å². The maximum atomic E-state index is 11.0. The summed E-state index contributed by atoms with van der Waals surface area (Å²) in [5.74, 6) is -0.700. The van der Waals surface area contributed by atoms with Gasteiger partial charge in [-0.05, 0) is 24.8 Å². The Morgan fingerprint density at radius 2 is 2.12 bits per heavy atom. The summed E-state index contributed by atoms with van der Waals surface area (Å²) in [7, 11) is 0. The van der Waals surface area contributed by atoms with Crippen LogP contribution in [0.4, 0.5) is 0 Å². The monoisotopic (exact) mass is 223 g/mol. The van der Waals surface area contributed by atoms with Gasteiger partial charge in [0.25, 0.3) is 0 Å². The lowest BCUT2D eigenvalue weighted by Crippen LogP contribution is -2.10. The number of carbonyl (C=O) groups is 2. The Morgan fingerprint density at radius 3 is 2.75 bits per heavy atom. The first-order chi connectivity index (χ1) is 7.59. The van der Waals surface area contributed by atoms with Gasteiger partial charge in [0, 0.05) is 24.6 Å². The highest BCUT2D eigenvalue weighted by molar-refractivity contribution is 5.93. The maximum absolute atomic E-state index is 11.0. The van der Waals surface area contributed by atoms with E-state index in [-0.39, 0.29) is 12.2 Å². The Labute approximate surface area is 94.8 Å². The number of carboxylic acids is 1. The predicted octanol–water partition coefficient (Wildman–Crippen LogP) is 1.76. The average molecular weight is 223 g/mol. The number of allylic oxidation sites excluding steroid dienone is 3. The number of hydrogen-bond acceptors (Lipinski definition) is 3. The van der Waals surface area contributed by atoms with Crippen LogP contribution in [-0.2, 0) is 9.59 Å². The zero-order chi connectivity index (χ0) is 12.0. The molecule has 0 aromatic carbocycles. The van der Waals surface area contributed by atoms with Crippen LogP contribution in [0.3, 0.4) is 0 Å². The van der Waals surface area contributed by atoms with Crippen molar-refractivity contribution in [3.63, 3.8) is 0 Å². The molecule has 1 aliphatic carbocycles. The van der Waals surface area contributed by atoms with Crippen LogP contribution in [0.1, 0.15) is 38.5 Å². The van der Waals surface area contributed by atoms with Crippen LogP contribution in [0.5, 0.6) is 0 Å². The first-order valence-corrected chi connectivity index (χ1v) is 5.51. The molecule has 0 radical (unpaired) electrons. The quantitative estimate of drug-likeness (QED) is 0.672. The molecule has 0 amide bonds. The molecular weight excluding hydrogens is 206 g/mol. The third-order valence-electron chi connectivity index (χ3n) is 2.57. The number of nitrogens with two attached hydrogens (primary N) is 1. The topological polar surface area (TPSA) is 80.4 Å². The molecule has 1 aliphatic rings. The Balaban J connectivity index is 2.21. The van der Waals surface area contributed by atoms with Gasteiger partial charge in [0.15, 0.2) is 5.78 Å². The van der Waals surface area contributed by atoms with Gasteiger partial charge in [0.1, 0.15) is 0 Å². The minimum atomic E-state index is -0.748. The van der Waals surface area contributed by atoms with E-state index < -0.39 is 5.97 Å². The molecule has 0 fully saturated rings. The van der Waals surface area contributed by atoms with E-state index in [4.69, 9.17) is 10.8 Å². The molecule has 0 bridgehead atoms. The zero-order valence-electron chi connectivity index (χ0n) is 9.24. The standard InChI is InChI=1S/C12H17NO3/c13-11-8-10(14)7-6-9(11)4-2-1-3-5-12(15)16/h6,8H,1-5,7,13H2,(H,15,16).